The first kappa shape index (κ1) is 12.0. The lowest BCUT2D eigenvalue weighted by atomic mass is 10.2. The zero-order chi connectivity index (χ0) is 13.1. The van der Waals surface area contributed by atoms with Crippen LogP contribution in [-0.4, -0.2) is 23.7 Å². The number of carboxylic acid groups (broad SMARTS) is 1. The normalized spacial score (nSPS) is 10.3. The number of hydrogen-bond donors (Lipinski definition) is 1. The van der Waals surface area contributed by atoms with Gasteiger partial charge < -0.3 is 19.0 Å². The molecule has 0 unspecified atom stereocenters. The van der Waals surface area contributed by atoms with Crippen LogP contribution in [0, 0.1) is 0 Å². The van der Waals surface area contributed by atoms with Crippen LogP contribution in [0.25, 0.3) is 11.0 Å². The minimum absolute atomic E-state index is 0.276. The van der Waals surface area contributed by atoms with Gasteiger partial charge in [0.2, 0.25) is 0 Å². The van der Waals surface area contributed by atoms with Gasteiger partial charge in [-0.15, -0.1) is 0 Å². The topological polar surface area (TPSA) is 86.0 Å². The molecule has 0 aliphatic carbocycles. The molecule has 0 aliphatic heterocycles. The number of hydrogen-bond acceptors (Lipinski definition) is 5. The van der Waals surface area contributed by atoms with Crippen molar-refractivity contribution in [3.63, 3.8) is 0 Å². The molecule has 6 heteroatoms. The monoisotopic (exact) mass is 250 g/mol. The highest BCUT2D eigenvalue weighted by Gasteiger charge is 2.13. The van der Waals surface area contributed by atoms with Crippen LogP contribution in [0.2, 0.25) is 0 Å². The Balaban J connectivity index is 2.35. The fraction of sp³-hybridized carbons (Fsp3) is 0.167. The zero-order valence-corrected chi connectivity index (χ0v) is 9.50. The largest absolute Gasteiger partial charge is 0.479 e. The molecule has 94 valence electrons. The van der Waals surface area contributed by atoms with Crippen molar-refractivity contribution in [1.29, 1.82) is 0 Å². The Morgan fingerprint density at radius 1 is 1.33 bits per heavy atom. The number of carbonyl (C=O) groups is 2. The summed E-state index contributed by atoms with van der Waals surface area (Å²) in [6, 6.07) is 4.92. The smallest absolute Gasteiger partial charge is 0.341 e. The van der Waals surface area contributed by atoms with E-state index in [9.17, 15) is 9.59 Å². The number of fused-ring (bicyclic) bond motifs is 1. The summed E-state index contributed by atoms with van der Waals surface area (Å²) >= 11 is 0. The number of carbonyl (C=O) groups excluding carboxylic acids is 1. The molecule has 0 aliphatic rings. The molecule has 6 nitrogen and oxygen atoms in total. The SMILES string of the molecule is CC(=O)Oc1coc2c(OCC(=O)O)cccc12. The maximum Gasteiger partial charge on any atom is 0.341 e. The first-order chi connectivity index (χ1) is 8.58. The van der Waals surface area contributed by atoms with E-state index in [4.69, 9.17) is 19.0 Å². The third-order valence-corrected chi connectivity index (χ3v) is 2.13. The number of rotatable bonds is 4. The fourth-order valence-corrected chi connectivity index (χ4v) is 1.49. The molecule has 0 radical (unpaired) electrons. The molecule has 0 spiro atoms. The van der Waals surface area contributed by atoms with E-state index in [0.29, 0.717) is 11.0 Å². The summed E-state index contributed by atoms with van der Waals surface area (Å²) in [5.74, 6) is -0.986. The second-order valence-corrected chi connectivity index (χ2v) is 3.51. The van der Waals surface area contributed by atoms with Gasteiger partial charge in [0.05, 0.1) is 5.39 Å². The second kappa shape index (κ2) is 4.79. The number of para-hydroxylation sites is 1. The van der Waals surface area contributed by atoms with Crippen molar-refractivity contribution in [3.8, 4) is 11.5 Å². The molecule has 2 rings (SSSR count). The highest BCUT2D eigenvalue weighted by atomic mass is 16.5. The van der Waals surface area contributed by atoms with Gasteiger partial charge in [0.15, 0.2) is 23.7 Å². The number of ether oxygens (including phenoxy) is 2. The molecule has 0 saturated heterocycles. The van der Waals surface area contributed by atoms with Gasteiger partial charge in [-0.2, -0.15) is 0 Å². The molecule has 0 fully saturated rings. The number of benzene rings is 1. The van der Waals surface area contributed by atoms with Crippen molar-refractivity contribution in [2.24, 2.45) is 0 Å². The summed E-state index contributed by atoms with van der Waals surface area (Å²) in [5.41, 5.74) is 0.343. The van der Waals surface area contributed by atoms with Gasteiger partial charge in [0.25, 0.3) is 0 Å². The molecular weight excluding hydrogens is 240 g/mol. The summed E-state index contributed by atoms with van der Waals surface area (Å²) in [6.45, 7) is 0.812. The lowest BCUT2D eigenvalue weighted by Gasteiger charge is -2.03. The quantitative estimate of drug-likeness (QED) is 0.833. The van der Waals surface area contributed by atoms with Crippen LogP contribution in [0.4, 0.5) is 0 Å². The van der Waals surface area contributed by atoms with Gasteiger partial charge in [-0.05, 0) is 12.1 Å². The molecule has 1 aromatic carbocycles. The third-order valence-electron chi connectivity index (χ3n) is 2.13. The average molecular weight is 250 g/mol. The number of aliphatic carboxylic acids is 1. The third kappa shape index (κ3) is 2.42. The van der Waals surface area contributed by atoms with Gasteiger partial charge in [-0.3, -0.25) is 4.79 Å². The lowest BCUT2D eigenvalue weighted by Crippen LogP contribution is -2.09. The van der Waals surface area contributed by atoms with E-state index in [0.717, 1.165) is 0 Å². The van der Waals surface area contributed by atoms with Crippen molar-refractivity contribution < 1.29 is 28.6 Å². The van der Waals surface area contributed by atoms with Gasteiger partial charge in [-0.25, -0.2) is 4.79 Å². The van der Waals surface area contributed by atoms with E-state index in [2.05, 4.69) is 0 Å². The van der Waals surface area contributed by atoms with E-state index in [1.54, 1.807) is 18.2 Å². The summed E-state index contributed by atoms with van der Waals surface area (Å²) in [5, 5.41) is 9.10. The molecule has 18 heavy (non-hydrogen) atoms. The maximum atomic E-state index is 10.9. The Morgan fingerprint density at radius 3 is 2.78 bits per heavy atom. The van der Waals surface area contributed by atoms with Crippen LogP contribution in [-0.2, 0) is 9.59 Å². The van der Waals surface area contributed by atoms with Crippen molar-refractivity contribution in [2.75, 3.05) is 6.61 Å². The van der Waals surface area contributed by atoms with Crippen molar-refractivity contribution in [1.82, 2.24) is 0 Å². The van der Waals surface area contributed by atoms with Crippen molar-refractivity contribution in [2.45, 2.75) is 6.92 Å². The molecule has 1 heterocycles. The van der Waals surface area contributed by atoms with E-state index in [1.807, 2.05) is 0 Å². The Hall–Kier alpha value is -2.50. The molecular formula is C12H10O6. The molecule has 1 aromatic heterocycles. The predicted molar refractivity (Wildman–Crippen MR) is 60.7 cm³/mol. The summed E-state index contributed by atoms with van der Waals surface area (Å²) in [6.07, 6.45) is 1.28. The van der Waals surface area contributed by atoms with Crippen LogP contribution < -0.4 is 9.47 Å². The van der Waals surface area contributed by atoms with Gasteiger partial charge in [0.1, 0.15) is 6.26 Å². The molecule has 0 saturated carbocycles. The van der Waals surface area contributed by atoms with Crippen LogP contribution in [0.5, 0.6) is 11.5 Å². The number of furan rings is 1. The molecule has 0 atom stereocenters. The van der Waals surface area contributed by atoms with Crippen molar-refractivity contribution >= 4 is 22.9 Å². The van der Waals surface area contributed by atoms with Crippen LogP contribution in [0.1, 0.15) is 6.92 Å². The minimum Gasteiger partial charge on any atom is -0.479 e. The van der Waals surface area contributed by atoms with E-state index in [1.165, 1.54) is 13.2 Å². The fourth-order valence-electron chi connectivity index (χ4n) is 1.49. The van der Waals surface area contributed by atoms with E-state index >= 15 is 0 Å². The van der Waals surface area contributed by atoms with E-state index in [-0.39, 0.29) is 11.5 Å². The number of carboxylic acids is 1. The molecule has 0 bridgehead atoms. The first-order valence-corrected chi connectivity index (χ1v) is 5.11. The first-order valence-electron chi connectivity index (χ1n) is 5.11. The van der Waals surface area contributed by atoms with Crippen LogP contribution in [0.3, 0.4) is 0 Å². The molecule has 2 aromatic rings. The minimum atomic E-state index is -1.08. The zero-order valence-electron chi connectivity index (χ0n) is 9.50. The van der Waals surface area contributed by atoms with Gasteiger partial charge >= 0.3 is 11.9 Å². The van der Waals surface area contributed by atoms with Crippen LogP contribution >= 0.6 is 0 Å². The second-order valence-electron chi connectivity index (χ2n) is 3.51. The lowest BCUT2D eigenvalue weighted by molar-refractivity contribution is -0.139. The van der Waals surface area contributed by atoms with Crippen molar-refractivity contribution in [3.05, 3.63) is 24.5 Å². The van der Waals surface area contributed by atoms with Gasteiger partial charge in [0, 0.05) is 6.92 Å². The standard InChI is InChI=1S/C12H10O6/c1-7(13)18-10-5-17-12-8(10)3-2-4-9(12)16-6-11(14)15/h2-5H,6H2,1H3,(H,14,15). The maximum absolute atomic E-state index is 10.9. The summed E-state index contributed by atoms with van der Waals surface area (Å²) in [7, 11) is 0. The molecule has 0 amide bonds. The van der Waals surface area contributed by atoms with Gasteiger partial charge in [-0.1, -0.05) is 6.07 Å². The van der Waals surface area contributed by atoms with Crippen LogP contribution in [0.15, 0.2) is 28.9 Å². The summed E-state index contributed by atoms with van der Waals surface area (Å²) < 4.78 is 15.2. The summed E-state index contributed by atoms with van der Waals surface area (Å²) in [4.78, 5) is 21.3. The Kier molecular flexibility index (Phi) is 3.18. The van der Waals surface area contributed by atoms with E-state index < -0.39 is 18.5 Å². The number of esters is 1. The Bertz CT molecular complexity index is 598. The Morgan fingerprint density at radius 2 is 2.11 bits per heavy atom. The highest BCUT2D eigenvalue weighted by molar-refractivity contribution is 5.90. The predicted octanol–water partition coefficient (Wildman–Crippen LogP) is 1.82. The molecule has 1 N–H and O–H groups in total. The Labute approximate surface area is 102 Å². The average Bonchev–Trinajstić information content (AvgIpc) is 2.69. The highest BCUT2D eigenvalue weighted by Crippen LogP contribution is 2.34.